The molecule has 7 heteroatoms. The van der Waals surface area contributed by atoms with Gasteiger partial charge in [0.15, 0.2) is 0 Å². The maximum absolute atomic E-state index is 12.8. The molecule has 1 unspecified atom stereocenters. The summed E-state index contributed by atoms with van der Waals surface area (Å²) in [5, 5.41) is 0. The van der Waals surface area contributed by atoms with Crippen molar-refractivity contribution in [2.45, 2.75) is 239 Å². The molecule has 0 bridgehead atoms. The van der Waals surface area contributed by atoms with Crippen LogP contribution in [0.25, 0.3) is 0 Å². The molecule has 0 amide bonds. The maximum Gasteiger partial charge on any atom is 0.310 e. The number of esters is 3. The molecule has 0 aliphatic rings. The van der Waals surface area contributed by atoms with Gasteiger partial charge in [0.25, 0.3) is 0 Å². The first-order valence-electron chi connectivity index (χ1n) is 21.7. The van der Waals surface area contributed by atoms with E-state index in [0.717, 1.165) is 25.7 Å². The zero-order valence-corrected chi connectivity index (χ0v) is 35.5. The lowest BCUT2D eigenvalue weighted by atomic mass is 10.0. The Kier molecular flexibility index (Phi) is 34.9. The number of ether oxygens (including phenoxy) is 3. The minimum absolute atomic E-state index is 0.165. The predicted molar refractivity (Wildman–Crippen MR) is 218 cm³/mol. The summed E-state index contributed by atoms with van der Waals surface area (Å²) in [4.78, 5) is 37.6. The molecule has 0 fully saturated rings. The van der Waals surface area contributed by atoms with Crippen molar-refractivity contribution < 1.29 is 28.6 Å². The summed E-state index contributed by atoms with van der Waals surface area (Å²) >= 11 is 1.58. The van der Waals surface area contributed by atoms with Gasteiger partial charge in [-0.3, -0.25) is 14.4 Å². The van der Waals surface area contributed by atoms with Crippen LogP contribution in [0.1, 0.15) is 228 Å². The van der Waals surface area contributed by atoms with Crippen LogP contribution in [0.5, 0.6) is 0 Å². The number of carbonyl (C=O) groups excluding carboxylic acids is 3. The molecule has 302 valence electrons. The van der Waals surface area contributed by atoms with E-state index in [0.29, 0.717) is 30.8 Å². The van der Waals surface area contributed by atoms with E-state index in [1.54, 1.807) is 11.8 Å². The Balaban J connectivity index is 4.30. The van der Waals surface area contributed by atoms with Gasteiger partial charge >= 0.3 is 17.9 Å². The molecule has 51 heavy (non-hydrogen) atoms. The lowest BCUT2D eigenvalue weighted by molar-refractivity contribution is -0.158. The summed E-state index contributed by atoms with van der Waals surface area (Å²) < 4.78 is 16.9. The summed E-state index contributed by atoms with van der Waals surface area (Å²) in [5.41, 5.74) is -0.515. The number of rotatable bonds is 37. The molecule has 0 saturated heterocycles. The Hall–Kier alpha value is -1.24. The highest BCUT2D eigenvalue weighted by Gasteiger charge is 2.23. The van der Waals surface area contributed by atoms with Crippen LogP contribution in [0.2, 0.25) is 0 Å². The van der Waals surface area contributed by atoms with Gasteiger partial charge in [0, 0.05) is 30.8 Å². The monoisotopic (exact) mass is 741 g/mol. The molecule has 0 N–H and O–H groups in total. The fraction of sp³-hybridized carbons (Fsp3) is 0.932. The van der Waals surface area contributed by atoms with Gasteiger partial charge in [-0.1, -0.05) is 175 Å². The molecule has 0 aromatic rings. The molecule has 0 aromatic carbocycles. The van der Waals surface area contributed by atoms with Crippen LogP contribution in [-0.4, -0.2) is 47.7 Å². The van der Waals surface area contributed by atoms with Crippen LogP contribution < -0.4 is 0 Å². The molecular formula is C44H84O6S. The molecule has 0 saturated carbocycles. The Labute approximate surface area is 320 Å². The van der Waals surface area contributed by atoms with E-state index in [1.165, 1.54) is 141 Å². The Morgan fingerprint density at radius 2 is 0.902 bits per heavy atom. The van der Waals surface area contributed by atoms with Crippen LogP contribution in [0.4, 0.5) is 0 Å². The third-order valence-corrected chi connectivity index (χ3v) is 10.8. The van der Waals surface area contributed by atoms with Gasteiger partial charge in [0.2, 0.25) is 0 Å². The zero-order chi connectivity index (χ0) is 37.8. The van der Waals surface area contributed by atoms with Crippen LogP contribution in [0.15, 0.2) is 0 Å². The molecule has 0 radical (unpaired) electrons. The third-order valence-electron chi connectivity index (χ3n) is 9.45. The predicted octanol–water partition coefficient (Wildman–Crippen LogP) is 13.5. The standard InChI is InChI=1S/C44H84O6S/c1-7-9-11-13-15-17-19-21-23-25-27-29-31-33-41(45)48-36-35-40(38-51-37-39(3)43(47)50-44(4,5)6)49-42(46)34-32-30-28-26-24-22-20-18-16-14-12-10-8-2/h39-40H,7-38H2,1-6H3/t39-,40?/m0/s1. The van der Waals surface area contributed by atoms with E-state index in [4.69, 9.17) is 14.2 Å². The van der Waals surface area contributed by atoms with Crippen molar-refractivity contribution in [2.24, 2.45) is 5.92 Å². The second kappa shape index (κ2) is 35.8. The summed E-state index contributed by atoms with van der Waals surface area (Å²) in [7, 11) is 0. The maximum atomic E-state index is 12.8. The molecule has 2 atom stereocenters. The van der Waals surface area contributed by atoms with Gasteiger partial charge in [0.05, 0.1) is 12.5 Å². The number of hydrogen-bond donors (Lipinski definition) is 0. The van der Waals surface area contributed by atoms with Crippen molar-refractivity contribution in [2.75, 3.05) is 18.1 Å². The van der Waals surface area contributed by atoms with Gasteiger partial charge in [-0.15, -0.1) is 0 Å². The van der Waals surface area contributed by atoms with E-state index in [9.17, 15) is 14.4 Å². The highest BCUT2D eigenvalue weighted by molar-refractivity contribution is 7.99. The van der Waals surface area contributed by atoms with Gasteiger partial charge in [-0.25, -0.2) is 0 Å². The minimum Gasteiger partial charge on any atom is -0.466 e. The Morgan fingerprint density at radius 1 is 0.529 bits per heavy atom. The first kappa shape index (κ1) is 49.8. The van der Waals surface area contributed by atoms with Crippen molar-refractivity contribution in [3.63, 3.8) is 0 Å². The number of unbranched alkanes of at least 4 members (excludes halogenated alkanes) is 24. The molecule has 0 aliphatic heterocycles. The quantitative estimate of drug-likeness (QED) is 0.0356. The number of hydrogen-bond acceptors (Lipinski definition) is 7. The van der Waals surface area contributed by atoms with E-state index in [2.05, 4.69) is 13.8 Å². The van der Waals surface area contributed by atoms with Crippen LogP contribution >= 0.6 is 11.8 Å². The van der Waals surface area contributed by atoms with Crippen molar-refractivity contribution in [3.8, 4) is 0 Å². The summed E-state index contributed by atoms with van der Waals surface area (Å²) in [6, 6.07) is 0. The number of thioether (sulfide) groups is 1. The van der Waals surface area contributed by atoms with E-state index in [-0.39, 0.29) is 36.5 Å². The molecule has 6 nitrogen and oxygen atoms in total. The molecule has 0 spiro atoms. The fourth-order valence-electron chi connectivity index (χ4n) is 6.22. The summed E-state index contributed by atoms with van der Waals surface area (Å²) in [6.07, 6.45) is 34.1. The number of carbonyl (C=O) groups is 3. The van der Waals surface area contributed by atoms with Crippen molar-refractivity contribution in [3.05, 3.63) is 0 Å². The summed E-state index contributed by atoms with van der Waals surface area (Å²) in [5.74, 6) is 0.334. The Morgan fingerprint density at radius 3 is 1.29 bits per heavy atom. The second-order valence-corrected chi connectivity index (χ2v) is 17.2. The largest absolute Gasteiger partial charge is 0.466 e. The van der Waals surface area contributed by atoms with Crippen LogP contribution in [0.3, 0.4) is 0 Å². The van der Waals surface area contributed by atoms with Crippen molar-refractivity contribution >= 4 is 29.7 Å². The average Bonchev–Trinajstić information content (AvgIpc) is 3.08. The molecule has 0 aliphatic carbocycles. The van der Waals surface area contributed by atoms with Gasteiger partial charge in [-0.05, 0) is 33.6 Å². The molecule has 0 aromatic heterocycles. The molecule has 0 heterocycles. The second-order valence-electron chi connectivity index (χ2n) is 16.1. The zero-order valence-electron chi connectivity index (χ0n) is 34.6. The van der Waals surface area contributed by atoms with Gasteiger partial charge in [0.1, 0.15) is 11.7 Å². The topological polar surface area (TPSA) is 78.9 Å². The summed E-state index contributed by atoms with van der Waals surface area (Å²) in [6.45, 7) is 12.3. The highest BCUT2D eigenvalue weighted by atomic mass is 32.2. The molecule has 0 rings (SSSR count). The normalized spacial score (nSPS) is 12.8. The lowest BCUT2D eigenvalue weighted by Gasteiger charge is -2.23. The van der Waals surface area contributed by atoms with E-state index in [1.807, 2.05) is 27.7 Å². The third kappa shape index (κ3) is 36.9. The molecular weight excluding hydrogens is 657 g/mol. The fourth-order valence-corrected chi connectivity index (χ4v) is 7.34. The lowest BCUT2D eigenvalue weighted by Crippen LogP contribution is -2.29. The van der Waals surface area contributed by atoms with Crippen LogP contribution in [0, 0.1) is 5.92 Å². The first-order valence-corrected chi connectivity index (χ1v) is 22.9. The van der Waals surface area contributed by atoms with Crippen molar-refractivity contribution in [1.29, 1.82) is 0 Å². The SMILES string of the molecule is CCCCCCCCCCCCCCCC(=O)OCCC(CSC[C@H](C)C(=O)OC(C)(C)C)OC(=O)CCCCCCCCCCCCCCC. The van der Waals surface area contributed by atoms with Gasteiger partial charge < -0.3 is 14.2 Å². The van der Waals surface area contributed by atoms with E-state index < -0.39 is 5.60 Å². The minimum atomic E-state index is -0.515. The average molecular weight is 741 g/mol. The van der Waals surface area contributed by atoms with Crippen LogP contribution in [-0.2, 0) is 28.6 Å². The highest BCUT2D eigenvalue weighted by Crippen LogP contribution is 2.19. The van der Waals surface area contributed by atoms with E-state index >= 15 is 0 Å². The van der Waals surface area contributed by atoms with Gasteiger partial charge in [-0.2, -0.15) is 11.8 Å². The van der Waals surface area contributed by atoms with Crippen molar-refractivity contribution in [1.82, 2.24) is 0 Å². The first-order chi connectivity index (χ1) is 24.6. The smallest absolute Gasteiger partial charge is 0.310 e. The Bertz CT molecular complexity index is 810.